The minimum Gasteiger partial charge on any atom is -0.285 e. The summed E-state index contributed by atoms with van der Waals surface area (Å²) >= 11 is 1.69. The van der Waals surface area contributed by atoms with Crippen molar-refractivity contribution < 1.29 is 0 Å². The molecular formula is C23H20N2S. The summed E-state index contributed by atoms with van der Waals surface area (Å²) in [5, 5.41) is 2.19. The van der Waals surface area contributed by atoms with Gasteiger partial charge in [0.15, 0.2) is 4.80 Å². The molecule has 128 valence electrons. The first-order chi connectivity index (χ1) is 12.8. The highest BCUT2D eigenvalue weighted by atomic mass is 32.1. The molecule has 26 heavy (non-hydrogen) atoms. The molecule has 0 fully saturated rings. The molecule has 0 amide bonds. The molecule has 0 spiro atoms. The van der Waals surface area contributed by atoms with Gasteiger partial charge in [0.25, 0.3) is 0 Å². The van der Waals surface area contributed by atoms with Crippen molar-refractivity contribution in [2.24, 2.45) is 4.99 Å². The predicted octanol–water partition coefficient (Wildman–Crippen LogP) is 5.62. The summed E-state index contributed by atoms with van der Waals surface area (Å²) in [5.74, 6) is 0. The topological polar surface area (TPSA) is 17.3 Å². The first-order valence-electron chi connectivity index (χ1n) is 8.69. The number of hydrogen-bond donors (Lipinski definition) is 0. The van der Waals surface area contributed by atoms with Crippen LogP contribution < -0.4 is 4.80 Å². The van der Waals surface area contributed by atoms with Gasteiger partial charge in [0.2, 0.25) is 0 Å². The van der Waals surface area contributed by atoms with Crippen LogP contribution in [0.25, 0.3) is 16.9 Å². The van der Waals surface area contributed by atoms with E-state index in [2.05, 4.69) is 89.7 Å². The van der Waals surface area contributed by atoms with Crippen LogP contribution in [-0.4, -0.2) is 4.57 Å². The maximum atomic E-state index is 4.90. The minimum absolute atomic E-state index is 0.682. The van der Waals surface area contributed by atoms with Crippen LogP contribution in [0.1, 0.15) is 11.1 Å². The number of benzene rings is 3. The van der Waals surface area contributed by atoms with Crippen molar-refractivity contribution in [3.8, 4) is 16.9 Å². The third-order valence-electron chi connectivity index (χ3n) is 4.31. The zero-order valence-corrected chi connectivity index (χ0v) is 15.5. The van der Waals surface area contributed by atoms with Crippen LogP contribution in [0.2, 0.25) is 0 Å². The van der Waals surface area contributed by atoms with Gasteiger partial charge in [0.1, 0.15) is 0 Å². The van der Waals surface area contributed by atoms with Gasteiger partial charge in [-0.1, -0.05) is 78.4 Å². The van der Waals surface area contributed by atoms with Crippen LogP contribution >= 0.6 is 11.3 Å². The van der Waals surface area contributed by atoms with E-state index in [1.807, 2.05) is 12.1 Å². The Kier molecular flexibility index (Phi) is 4.80. The summed E-state index contributed by atoms with van der Waals surface area (Å²) in [7, 11) is 0. The second-order valence-electron chi connectivity index (χ2n) is 6.24. The van der Waals surface area contributed by atoms with Gasteiger partial charge in [0, 0.05) is 11.1 Å². The van der Waals surface area contributed by atoms with Crippen LogP contribution in [0, 0.1) is 6.92 Å². The largest absolute Gasteiger partial charge is 0.285 e. The molecular weight excluding hydrogens is 336 g/mol. The number of nitrogens with zero attached hydrogens (tertiary/aromatic N) is 2. The smallest absolute Gasteiger partial charge is 0.190 e. The molecule has 0 saturated carbocycles. The summed E-state index contributed by atoms with van der Waals surface area (Å²) in [4.78, 5) is 5.91. The normalized spacial score (nSPS) is 11.7. The highest BCUT2D eigenvalue weighted by molar-refractivity contribution is 7.07. The Bertz CT molecular complexity index is 1040. The maximum Gasteiger partial charge on any atom is 0.190 e. The number of rotatable bonds is 4. The fourth-order valence-electron chi connectivity index (χ4n) is 2.92. The van der Waals surface area contributed by atoms with Crippen molar-refractivity contribution in [3.05, 3.63) is 106 Å². The predicted molar refractivity (Wildman–Crippen MR) is 110 cm³/mol. The summed E-state index contributed by atoms with van der Waals surface area (Å²) in [6.45, 7) is 2.79. The zero-order chi connectivity index (χ0) is 17.8. The molecule has 1 aromatic heterocycles. The highest BCUT2D eigenvalue weighted by Crippen LogP contribution is 2.23. The maximum absolute atomic E-state index is 4.90. The first-order valence-corrected chi connectivity index (χ1v) is 9.57. The van der Waals surface area contributed by atoms with Crippen LogP contribution in [-0.2, 0) is 6.54 Å². The Balaban J connectivity index is 1.84. The number of hydrogen-bond acceptors (Lipinski definition) is 2. The van der Waals surface area contributed by atoms with Crippen LogP contribution in [0.3, 0.4) is 0 Å². The molecule has 0 bridgehead atoms. The Hall–Kier alpha value is -2.91. The lowest BCUT2D eigenvalue weighted by Crippen LogP contribution is -2.14. The van der Waals surface area contributed by atoms with Crippen molar-refractivity contribution in [1.29, 1.82) is 0 Å². The third kappa shape index (κ3) is 3.53. The van der Waals surface area contributed by atoms with Gasteiger partial charge in [-0.05, 0) is 30.2 Å². The van der Waals surface area contributed by atoms with Gasteiger partial charge < -0.3 is 0 Å². The molecule has 0 N–H and O–H groups in total. The summed E-state index contributed by atoms with van der Waals surface area (Å²) in [6.07, 6.45) is 0. The van der Waals surface area contributed by atoms with E-state index >= 15 is 0 Å². The van der Waals surface area contributed by atoms with E-state index in [0.717, 1.165) is 10.5 Å². The second-order valence-corrected chi connectivity index (χ2v) is 7.08. The molecule has 1 heterocycles. The van der Waals surface area contributed by atoms with E-state index in [0.29, 0.717) is 6.54 Å². The standard InChI is InChI=1S/C23H20N2S/c1-18-12-14-21(15-13-18)25-22(20-10-6-3-7-11-20)17-26-23(25)24-16-19-8-4-2-5-9-19/h2-15,17H,16H2,1H3. The lowest BCUT2D eigenvalue weighted by atomic mass is 10.1. The molecule has 0 unspecified atom stereocenters. The molecule has 0 radical (unpaired) electrons. The molecule has 3 aromatic carbocycles. The van der Waals surface area contributed by atoms with Gasteiger partial charge in [-0.2, -0.15) is 0 Å². The van der Waals surface area contributed by atoms with E-state index in [9.17, 15) is 0 Å². The zero-order valence-electron chi connectivity index (χ0n) is 14.7. The molecule has 2 nitrogen and oxygen atoms in total. The van der Waals surface area contributed by atoms with Crippen LogP contribution in [0.5, 0.6) is 0 Å². The fraction of sp³-hybridized carbons (Fsp3) is 0.0870. The second kappa shape index (κ2) is 7.54. The molecule has 4 aromatic rings. The van der Waals surface area contributed by atoms with E-state index < -0.39 is 0 Å². The van der Waals surface area contributed by atoms with Gasteiger partial charge in [-0.3, -0.25) is 9.56 Å². The van der Waals surface area contributed by atoms with Crippen molar-refractivity contribution in [3.63, 3.8) is 0 Å². The van der Waals surface area contributed by atoms with Gasteiger partial charge in [0.05, 0.1) is 12.2 Å². The van der Waals surface area contributed by atoms with Crippen molar-refractivity contribution in [2.75, 3.05) is 0 Å². The van der Waals surface area contributed by atoms with Gasteiger partial charge in [-0.25, -0.2) is 0 Å². The molecule has 0 aliphatic carbocycles. The van der Waals surface area contributed by atoms with Gasteiger partial charge in [-0.15, -0.1) is 11.3 Å². The number of thiazole rings is 1. The van der Waals surface area contributed by atoms with E-state index in [-0.39, 0.29) is 0 Å². The molecule has 0 saturated heterocycles. The molecule has 3 heteroatoms. The number of aryl methyl sites for hydroxylation is 1. The van der Waals surface area contributed by atoms with E-state index in [1.165, 1.54) is 22.4 Å². The monoisotopic (exact) mass is 356 g/mol. The van der Waals surface area contributed by atoms with Gasteiger partial charge >= 0.3 is 0 Å². The highest BCUT2D eigenvalue weighted by Gasteiger charge is 2.09. The minimum atomic E-state index is 0.682. The van der Waals surface area contributed by atoms with Crippen LogP contribution in [0.15, 0.2) is 95.3 Å². The molecule has 4 rings (SSSR count). The Labute approximate surface area is 157 Å². The first kappa shape index (κ1) is 16.6. The average molecular weight is 356 g/mol. The fourth-order valence-corrected chi connectivity index (χ4v) is 3.82. The third-order valence-corrected chi connectivity index (χ3v) is 5.17. The van der Waals surface area contributed by atoms with E-state index in [4.69, 9.17) is 4.99 Å². The Morgan fingerprint density at radius 2 is 1.46 bits per heavy atom. The molecule has 0 aliphatic heterocycles. The molecule has 0 aliphatic rings. The van der Waals surface area contributed by atoms with E-state index in [1.54, 1.807) is 11.3 Å². The Morgan fingerprint density at radius 1 is 0.808 bits per heavy atom. The average Bonchev–Trinajstić information content (AvgIpc) is 3.12. The number of aromatic nitrogens is 1. The lowest BCUT2D eigenvalue weighted by Gasteiger charge is -2.10. The van der Waals surface area contributed by atoms with Crippen molar-refractivity contribution in [2.45, 2.75) is 13.5 Å². The Morgan fingerprint density at radius 3 is 2.15 bits per heavy atom. The quantitative estimate of drug-likeness (QED) is 0.452. The van der Waals surface area contributed by atoms with Crippen LogP contribution in [0.4, 0.5) is 0 Å². The summed E-state index contributed by atoms with van der Waals surface area (Å²) in [6, 6.07) is 29.5. The summed E-state index contributed by atoms with van der Waals surface area (Å²) in [5.41, 5.74) is 5.99. The SMILES string of the molecule is Cc1ccc(-n2c(-c3ccccc3)csc2=NCc2ccccc2)cc1. The molecule has 0 atom stereocenters. The summed E-state index contributed by atoms with van der Waals surface area (Å²) < 4.78 is 2.25. The van der Waals surface area contributed by atoms with Crippen molar-refractivity contribution >= 4 is 11.3 Å². The van der Waals surface area contributed by atoms with Crippen molar-refractivity contribution in [1.82, 2.24) is 4.57 Å². The lowest BCUT2D eigenvalue weighted by molar-refractivity contribution is 0.928.